The van der Waals surface area contributed by atoms with E-state index in [1.807, 2.05) is 0 Å². The maximum atomic E-state index is 4.60. The summed E-state index contributed by atoms with van der Waals surface area (Å²) >= 11 is 1.77. The highest BCUT2D eigenvalue weighted by atomic mass is 32.1. The molecule has 0 fully saturated rings. The van der Waals surface area contributed by atoms with Crippen LogP contribution in [-0.2, 0) is 6.42 Å². The molecule has 2 unspecified atom stereocenters. The third-order valence-electron chi connectivity index (χ3n) is 3.98. The van der Waals surface area contributed by atoms with E-state index in [-0.39, 0.29) is 5.54 Å². The fraction of sp³-hybridized carbons (Fsp3) is 0.786. The Labute approximate surface area is 116 Å². The highest BCUT2D eigenvalue weighted by Gasteiger charge is 2.34. The van der Waals surface area contributed by atoms with Crippen LogP contribution in [0.25, 0.3) is 0 Å². The summed E-state index contributed by atoms with van der Waals surface area (Å²) in [5.74, 6) is 0. The molecule has 3 nitrogen and oxygen atoms in total. The molecule has 0 saturated heterocycles. The first-order chi connectivity index (χ1) is 8.43. The molecule has 0 bridgehead atoms. The van der Waals surface area contributed by atoms with Crippen molar-refractivity contribution in [3.63, 3.8) is 0 Å². The third kappa shape index (κ3) is 3.53. The molecule has 0 aromatic carbocycles. The molecule has 0 aliphatic heterocycles. The summed E-state index contributed by atoms with van der Waals surface area (Å²) in [5, 5.41) is 7.01. The molecular formula is C14H27N3S. The largest absolute Gasteiger partial charge is 0.312 e. The lowest BCUT2D eigenvalue weighted by molar-refractivity contribution is 0.113. The number of hydrogen-bond acceptors (Lipinski definition) is 4. The Morgan fingerprint density at radius 1 is 1.44 bits per heavy atom. The van der Waals surface area contributed by atoms with Crippen molar-refractivity contribution in [2.45, 2.75) is 52.1 Å². The normalized spacial score (nSPS) is 16.8. The van der Waals surface area contributed by atoms with Gasteiger partial charge in [-0.2, -0.15) is 0 Å². The summed E-state index contributed by atoms with van der Waals surface area (Å²) in [6.45, 7) is 9.83. The van der Waals surface area contributed by atoms with E-state index >= 15 is 0 Å². The van der Waals surface area contributed by atoms with Gasteiger partial charge in [0.1, 0.15) is 0 Å². The van der Waals surface area contributed by atoms with Crippen molar-refractivity contribution < 1.29 is 0 Å². The van der Waals surface area contributed by atoms with Crippen molar-refractivity contribution >= 4 is 11.3 Å². The molecule has 0 aliphatic rings. The van der Waals surface area contributed by atoms with E-state index in [1.165, 1.54) is 5.01 Å². The summed E-state index contributed by atoms with van der Waals surface area (Å²) in [4.78, 5) is 6.93. The van der Waals surface area contributed by atoms with Gasteiger partial charge >= 0.3 is 0 Å². The van der Waals surface area contributed by atoms with Gasteiger partial charge in [-0.25, -0.2) is 4.98 Å². The van der Waals surface area contributed by atoms with E-state index in [4.69, 9.17) is 0 Å². The van der Waals surface area contributed by atoms with Gasteiger partial charge < -0.3 is 10.2 Å². The van der Waals surface area contributed by atoms with Gasteiger partial charge in [0.05, 0.1) is 5.01 Å². The van der Waals surface area contributed by atoms with Crippen molar-refractivity contribution in [3.05, 3.63) is 16.1 Å². The summed E-state index contributed by atoms with van der Waals surface area (Å²) in [6, 6.07) is 0.438. The summed E-state index contributed by atoms with van der Waals surface area (Å²) in [6.07, 6.45) is 2.14. The fourth-order valence-corrected chi connectivity index (χ4v) is 3.12. The van der Waals surface area contributed by atoms with Gasteiger partial charge in [-0.1, -0.05) is 13.8 Å². The number of nitrogens with one attached hydrogen (secondary N) is 1. The highest BCUT2D eigenvalue weighted by molar-refractivity contribution is 7.09. The molecule has 0 saturated carbocycles. The predicted octanol–water partition coefficient (Wildman–Crippen LogP) is 2.70. The molecule has 0 spiro atoms. The number of nitrogens with zero attached hydrogens (tertiary/aromatic N) is 2. The smallest absolute Gasteiger partial charge is 0.0944 e. The molecule has 1 N–H and O–H groups in total. The molecule has 1 rings (SSSR count). The minimum absolute atomic E-state index is 0.162. The van der Waals surface area contributed by atoms with Gasteiger partial charge in [0.25, 0.3) is 0 Å². The van der Waals surface area contributed by atoms with Crippen LogP contribution >= 0.6 is 11.3 Å². The lowest BCUT2D eigenvalue weighted by atomic mass is 9.86. The maximum Gasteiger partial charge on any atom is 0.0944 e. The van der Waals surface area contributed by atoms with Crippen LogP contribution in [0.2, 0.25) is 0 Å². The summed E-state index contributed by atoms with van der Waals surface area (Å²) < 4.78 is 0. The van der Waals surface area contributed by atoms with Gasteiger partial charge in [-0.15, -0.1) is 11.3 Å². The first kappa shape index (κ1) is 15.6. The Bertz CT molecular complexity index is 362. The fourth-order valence-electron chi connectivity index (χ4n) is 2.30. The Morgan fingerprint density at radius 3 is 2.50 bits per heavy atom. The zero-order chi connectivity index (χ0) is 13.8. The Morgan fingerprint density at radius 2 is 2.11 bits per heavy atom. The molecular weight excluding hydrogens is 242 g/mol. The second kappa shape index (κ2) is 6.64. The quantitative estimate of drug-likeness (QED) is 0.825. The van der Waals surface area contributed by atoms with E-state index in [0.717, 1.165) is 25.1 Å². The Hall–Kier alpha value is -0.450. The van der Waals surface area contributed by atoms with Crippen molar-refractivity contribution in [2.75, 3.05) is 20.6 Å². The molecule has 18 heavy (non-hydrogen) atoms. The molecule has 2 atom stereocenters. The molecule has 1 heterocycles. The van der Waals surface area contributed by atoms with Crippen LogP contribution in [0.15, 0.2) is 5.38 Å². The second-order valence-electron chi connectivity index (χ2n) is 5.30. The maximum absolute atomic E-state index is 4.60. The minimum Gasteiger partial charge on any atom is -0.312 e. The van der Waals surface area contributed by atoms with Gasteiger partial charge in [-0.05, 0) is 40.9 Å². The SMILES string of the molecule is CCNC(Cc1nc(C)cs1)C(C)(CC)N(C)C. The number of aryl methyl sites for hydroxylation is 1. The van der Waals surface area contributed by atoms with E-state index in [2.05, 4.69) is 62.4 Å². The number of aromatic nitrogens is 1. The Kier molecular flexibility index (Phi) is 5.76. The van der Waals surface area contributed by atoms with Crippen molar-refractivity contribution in [2.24, 2.45) is 0 Å². The lowest BCUT2D eigenvalue weighted by Crippen LogP contribution is -2.57. The molecule has 0 amide bonds. The molecule has 104 valence electrons. The first-order valence-corrected chi connectivity index (χ1v) is 7.63. The third-order valence-corrected chi connectivity index (χ3v) is 4.97. The van der Waals surface area contributed by atoms with E-state index in [1.54, 1.807) is 11.3 Å². The zero-order valence-electron chi connectivity index (χ0n) is 12.6. The monoisotopic (exact) mass is 269 g/mol. The number of rotatable bonds is 7. The van der Waals surface area contributed by atoms with Crippen molar-refractivity contribution in [3.8, 4) is 0 Å². The lowest BCUT2D eigenvalue weighted by Gasteiger charge is -2.43. The van der Waals surface area contributed by atoms with Crippen LogP contribution in [0.4, 0.5) is 0 Å². The summed E-state index contributed by atoms with van der Waals surface area (Å²) in [7, 11) is 4.34. The molecule has 1 aromatic heterocycles. The standard InChI is InChI=1S/C14H27N3S/c1-7-14(4,17(5)6)12(15-8-2)9-13-16-11(3)10-18-13/h10,12,15H,7-9H2,1-6H3. The van der Waals surface area contributed by atoms with Crippen LogP contribution < -0.4 is 5.32 Å². The average Bonchev–Trinajstić information content (AvgIpc) is 2.73. The molecule has 4 heteroatoms. The van der Waals surface area contributed by atoms with Crippen LogP contribution in [0, 0.1) is 6.92 Å². The van der Waals surface area contributed by atoms with Gasteiger partial charge in [-0.3, -0.25) is 0 Å². The molecule has 0 radical (unpaired) electrons. The van der Waals surface area contributed by atoms with Crippen LogP contribution in [0.1, 0.15) is 37.9 Å². The topological polar surface area (TPSA) is 28.2 Å². The van der Waals surface area contributed by atoms with Crippen LogP contribution in [0.3, 0.4) is 0 Å². The van der Waals surface area contributed by atoms with Crippen molar-refractivity contribution in [1.29, 1.82) is 0 Å². The van der Waals surface area contributed by atoms with Gasteiger partial charge in [0.15, 0.2) is 0 Å². The minimum atomic E-state index is 0.162. The van der Waals surface area contributed by atoms with Crippen molar-refractivity contribution in [1.82, 2.24) is 15.2 Å². The molecule has 1 aromatic rings. The number of hydrogen-bond donors (Lipinski definition) is 1. The zero-order valence-corrected chi connectivity index (χ0v) is 13.4. The van der Waals surface area contributed by atoms with Crippen LogP contribution in [0.5, 0.6) is 0 Å². The predicted molar refractivity (Wildman–Crippen MR) is 80.4 cm³/mol. The number of likely N-dealkylation sites (N-methyl/N-ethyl adjacent to an activating group) is 2. The Balaban J connectivity index is 2.87. The summed E-state index contributed by atoms with van der Waals surface area (Å²) in [5.41, 5.74) is 1.29. The van der Waals surface area contributed by atoms with Gasteiger partial charge in [0.2, 0.25) is 0 Å². The first-order valence-electron chi connectivity index (χ1n) is 6.75. The number of thiazole rings is 1. The van der Waals surface area contributed by atoms with E-state index in [9.17, 15) is 0 Å². The average molecular weight is 269 g/mol. The van der Waals surface area contributed by atoms with E-state index in [0.29, 0.717) is 6.04 Å². The van der Waals surface area contributed by atoms with Gasteiger partial charge in [0, 0.05) is 29.1 Å². The highest BCUT2D eigenvalue weighted by Crippen LogP contribution is 2.25. The molecule has 0 aliphatic carbocycles. The second-order valence-corrected chi connectivity index (χ2v) is 6.24. The van der Waals surface area contributed by atoms with Crippen LogP contribution in [-0.4, -0.2) is 42.1 Å². The van der Waals surface area contributed by atoms with E-state index < -0.39 is 0 Å².